The van der Waals surface area contributed by atoms with E-state index in [9.17, 15) is 14.7 Å². The molecule has 0 aliphatic rings. The first kappa shape index (κ1) is 21.6. The molecule has 0 aromatic heterocycles. The molecule has 131 valence electrons. The number of esters is 1. The van der Waals surface area contributed by atoms with Crippen LogP contribution in [0.3, 0.4) is 0 Å². The largest absolute Gasteiger partial charge is 0.507 e. The molecule has 0 amide bonds. The second-order valence-corrected chi connectivity index (χ2v) is 5.32. The maximum Gasteiger partial charge on any atom is 0.379 e. The number of aliphatic hydroxyl groups is 1. The summed E-state index contributed by atoms with van der Waals surface area (Å²) in [6.07, 6.45) is 0. The van der Waals surface area contributed by atoms with Crippen LogP contribution in [0, 0.1) is 0 Å². The van der Waals surface area contributed by atoms with Gasteiger partial charge in [-0.2, -0.15) is 0 Å². The summed E-state index contributed by atoms with van der Waals surface area (Å²) < 4.78 is 10.3. The van der Waals surface area contributed by atoms with Gasteiger partial charge in [0.1, 0.15) is 18.1 Å². The number of carbonyl (C=O) groups excluding carboxylic acids is 2. The molecule has 26 heavy (non-hydrogen) atoms. The number of rotatable bonds is 7. The van der Waals surface area contributed by atoms with E-state index in [4.69, 9.17) is 4.74 Å². The maximum absolute atomic E-state index is 11.9. The Morgan fingerprint density at radius 3 is 2.19 bits per heavy atom. The van der Waals surface area contributed by atoms with Crippen molar-refractivity contribution in [3.8, 4) is 5.75 Å². The molecule has 0 fully saturated rings. The number of carbonyl (C=O) groups is 2. The third-order valence-electron chi connectivity index (χ3n) is 3.53. The van der Waals surface area contributed by atoms with E-state index in [1.165, 1.54) is 6.92 Å². The molecule has 0 unspecified atom stereocenters. The Labute approximate surface area is 164 Å². The van der Waals surface area contributed by atoms with Crippen molar-refractivity contribution in [2.45, 2.75) is 20.5 Å². The van der Waals surface area contributed by atoms with E-state index in [0.717, 1.165) is 5.56 Å². The van der Waals surface area contributed by atoms with Crippen molar-refractivity contribution in [2.24, 2.45) is 0 Å². The third-order valence-corrected chi connectivity index (χ3v) is 3.53. The van der Waals surface area contributed by atoms with Crippen LogP contribution in [0.2, 0.25) is 0 Å². The normalized spacial score (nSPS) is 11.0. The van der Waals surface area contributed by atoms with Crippen LogP contribution in [0.5, 0.6) is 5.75 Å². The van der Waals surface area contributed by atoms with Gasteiger partial charge in [-0.15, -0.1) is 0 Å². The van der Waals surface area contributed by atoms with Gasteiger partial charge in [0.25, 0.3) is 5.78 Å². The Balaban J connectivity index is 0.00000338. The van der Waals surface area contributed by atoms with Gasteiger partial charge in [-0.3, -0.25) is 4.79 Å². The molecule has 5 nitrogen and oxygen atoms in total. The second kappa shape index (κ2) is 10.5. The van der Waals surface area contributed by atoms with E-state index in [2.05, 4.69) is 4.74 Å². The average Bonchev–Trinajstić information content (AvgIpc) is 2.66. The molecule has 0 aliphatic carbocycles. The van der Waals surface area contributed by atoms with E-state index < -0.39 is 11.8 Å². The number of hydrogen-bond acceptors (Lipinski definition) is 5. The number of ether oxygens (including phenoxy) is 2. The van der Waals surface area contributed by atoms with Crippen molar-refractivity contribution in [1.29, 1.82) is 0 Å². The molecule has 6 heteroatoms. The van der Waals surface area contributed by atoms with Gasteiger partial charge in [0, 0.05) is 30.0 Å². The summed E-state index contributed by atoms with van der Waals surface area (Å²) in [7, 11) is 0. The molecule has 2 aromatic rings. The summed E-state index contributed by atoms with van der Waals surface area (Å²) in [5, 5.41) is 10.2. The third kappa shape index (κ3) is 5.80. The van der Waals surface area contributed by atoms with E-state index in [1.807, 2.05) is 30.3 Å². The van der Waals surface area contributed by atoms with Crippen molar-refractivity contribution < 1.29 is 24.2 Å². The molecular formula is C20H20LiO5. The molecule has 0 heterocycles. The quantitative estimate of drug-likeness (QED) is 0.273. The van der Waals surface area contributed by atoms with E-state index in [-0.39, 0.29) is 36.8 Å². The Kier molecular flexibility index (Phi) is 8.70. The standard InChI is InChI=1S/C20H20O5.Li/c1-3-24-20(23)19(22)14(2)18(21)16-9-11-17(12-10-16)25-13-15-7-5-4-6-8-15;/h4-12,21H,3,13H2,1-2H3;. The molecule has 0 aliphatic heterocycles. The van der Waals surface area contributed by atoms with Gasteiger partial charge in [-0.05, 0) is 43.7 Å². The summed E-state index contributed by atoms with van der Waals surface area (Å²) in [6, 6.07) is 16.4. The van der Waals surface area contributed by atoms with Crippen molar-refractivity contribution in [2.75, 3.05) is 6.61 Å². The topological polar surface area (TPSA) is 72.8 Å². The Bertz CT molecular complexity index is 767. The van der Waals surface area contributed by atoms with Gasteiger partial charge in [0.05, 0.1) is 6.61 Å². The fraction of sp³-hybridized carbons (Fsp3) is 0.200. The fourth-order valence-electron chi connectivity index (χ4n) is 2.12. The summed E-state index contributed by atoms with van der Waals surface area (Å²) in [4.78, 5) is 23.3. The zero-order valence-corrected chi connectivity index (χ0v) is 15.2. The first-order chi connectivity index (χ1) is 12.0. The fourth-order valence-corrected chi connectivity index (χ4v) is 2.12. The van der Waals surface area contributed by atoms with Gasteiger partial charge in [0.15, 0.2) is 0 Å². The number of Topliss-reactive ketones (excluding diaryl/α,β-unsaturated/α-hetero) is 1. The smallest absolute Gasteiger partial charge is 0.379 e. The molecule has 0 saturated carbocycles. The van der Waals surface area contributed by atoms with Crippen LogP contribution < -0.4 is 4.74 Å². The number of ketones is 1. The molecule has 2 aromatic carbocycles. The van der Waals surface area contributed by atoms with E-state index in [1.54, 1.807) is 31.2 Å². The van der Waals surface area contributed by atoms with Crippen LogP contribution in [-0.4, -0.2) is 42.3 Å². The monoisotopic (exact) mass is 347 g/mol. The minimum absolute atomic E-state index is 0. The molecular weight excluding hydrogens is 327 g/mol. The number of hydrogen-bond donors (Lipinski definition) is 1. The van der Waals surface area contributed by atoms with Gasteiger partial charge in [-0.25, -0.2) is 4.79 Å². The van der Waals surface area contributed by atoms with Crippen molar-refractivity contribution in [3.05, 3.63) is 71.3 Å². The van der Waals surface area contributed by atoms with Crippen molar-refractivity contribution in [1.82, 2.24) is 0 Å². The molecule has 0 saturated heterocycles. The molecule has 0 atom stereocenters. The summed E-state index contributed by atoms with van der Waals surface area (Å²) >= 11 is 0. The van der Waals surface area contributed by atoms with Crippen molar-refractivity contribution >= 4 is 36.4 Å². The molecule has 1 radical (unpaired) electrons. The minimum atomic E-state index is -0.977. The van der Waals surface area contributed by atoms with E-state index in [0.29, 0.717) is 17.9 Å². The molecule has 2 rings (SSSR count). The first-order valence-electron chi connectivity index (χ1n) is 7.91. The molecule has 1 N–H and O–H groups in total. The van der Waals surface area contributed by atoms with Gasteiger partial charge in [0.2, 0.25) is 0 Å². The Hall–Kier alpha value is -2.48. The van der Waals surface area contributed by atoms with Gasteiger partial charge >= 0.3 is 5.97 Å². The average molecular weight is 347 g/mol. The zero-order chi connectivity index (χ0) is 18.2. The Morgan fingerprint density at radius 2 is 1.62 bits per heavy atom. The zero-order valence-electron chi connectivity index (χ0n) is 15.2. The van der Waals surface area contributed by atoms with Crippen LogP contribution >= 0.6 is 0 Å². The minimum Gasteiger partial charge on any atom is -0.507 e. The summed E-state index contributed by atoms with van der Waals surface area (Å²) in [6.45, 7) is 3.53. The molecule has 0 spiro atoms. The van der Waals surface area contributed by atoms with Gasteiger partial charge in [-0.1, -0.05) is 30.3 Å². The summed E-state index contributed by atoms with van der Waals surface area (Å²) in [5.41, 5.74) is 1.41. The Morgan fingerprint density at radius 1 is 1.00 bits per heavy atom. The molecule has 0 bridgehead atoms. The number of benzene rings is 2. The maximum atomic E-state index is 11.9. The van der Waals surface area contributed by atoms with Crippen LogP contribution in [-0.2, 0) is 20.9 Å². The van der Waals surface area contributed by atoms with E-state index >= 15 is 0 Å². The van der Waals surface area contributed by atoms with Crippen LogP contribution in [0.25, 0.3) is 5.76 Å². The first-order valence-corrected chi connectivity index (χ1v) is 7.91. The predicted molar refractivity (Wildman–Crippen MR) is 99.8 cm³/mol. The predicted octanol–water partition coefficient (Wildman–Crippen LogP) is 3.31. The number of aliphatic hydroxyl groups excluding tert-OH is 1. The van der Waals surface area contributed by atoms with Crippen LogP contribution in [0.4, 0.5) is 0 Å². The van der Waals surface area contributed by atoms with Gasteiger partial charge < -0.3 is 14.6 Å². The van der Waals surface area contributed by atoms with Crippen molar-refractivity contribution in [3.63, 3.8) is 0 Å². The van der Waals surface area contributed by atoms with Crippen LogP contribution in [0.15, 0.2) is 60.2 Å². The summed E-state index contributed by atoms with van der Waals surface area (Å²) in [5.74, 6) is -1.46. The van der Waals surface area contributed by atoms with Crippen LogP contribution in [0.1, 0.15) is 25.0 Å². The SMILES string of the molecule is CCOC(=O)C(=O)C(C)=C(O)c1ccc(OCc2ccccc2)cc1.[Li]. The second-order valence-electron chi connectivity index (χ2n) is 5.32.